The van der Waals surface area contributed by atoms with Crippen molar-refractivity contribution in [1.82, 2.24) is 0 Å². The van der Waals surface area contributed by atoms with E-state index in [-0.39, 0.29) is 17.5 Å². The number of ketones is 1. The number of benzene rings is 1. The van der Waals surface area contributed by atoms with Crippen molar-refractivity contribution < 1.29 is 19.5 Å². The lowest BCUT2D eigenvalue weighted by atomic mass is 9.76. The topological polar surface area (TPSA) is 68.1 Å². The van der Waals surface area contributed by atoms with Crippen molar-refractivity contribution in [2.24, 2.45) is 5.16 Å². The molecule has 1 N–H and O–H groups in total. The highest BCUT2D eigenvalue weighted by Crippen LogP contribution is 2.39. The minimum atomic E-state index is -0.0589. The number of rotatable bonds is 9. The molecule has 1 aromatic rings. The molecule has 1 aromatic carbocycles. The molecule has 0 fully saturated rings. The Labute approximate surface area is 174 Å². The van der Waals surface area contributed by atoms with Gasteiger partial charge in [-0.25, -0.2) is 0 Å². The van der Waals surface area contributed by atoms with Gasteiger partial charge in [-0.3, -0.25) is 4.79 Å². The van der Waals surface area contributed by atoms with Crippen LogP contribution in [0.1, 0.15) is 80.2 Å². The fourth-order valence-corrected chi connectivity index (χ4v) is 4.32. The normalized spacial score (nSPS) is 17.8. The van der Waals surface area contributed by atoms with Crippen LogP contribution in [0.4, 0.5) is 0 Å². The van der Waals surface area contributed by atoms with Gasteiger partial charge in [0.1, 0.15) is 12.4 Å². The van der Waals surface area contributed by atoms with Crippen LogP contribution in [0.5, 0.6) is 0 Å². The van der Waals surface area contributed by atoms with Crippen molar-refractivity contribution in [3.8, 4) is 0 Å². The van der Waals surface area contributed by atoms with Crippen LogP contribution in [-0.2, 0) is 21.0 Å². The number of ether oxygens (including phenoxy) is 1. The molecule has 0 saturated carbocycles. The molecule has 0 aliphatic heterocycles. The number of aryl methyl sites for hydroxylation is 2. The van der Waals surface area contributed by atoms with E-state index in [0.29, 0.717) is 50.4 Å². The molecule has 2 rings (SSSR count). The molecule has 0 spiro atoms. The maximum atomic E-state index is 13.0. The zero-order valence-electron chi connectivity index (χ0n) is 18.7. The van der Waals surface area contributed by atoms with Crippen LogP contribution in [0, 0.1) is 20.8 Å². The Balaban J connectivity index is 2.43. The first-order valence-corrected chi connectivity index (χ1v) is 10.7. The molecule has 0 saturated heterocycles. The van der Waals surface area contributed by atoms with Crippen LogP contribution in [-0.4, -0.2) is 29.8 Å². The molecular formula is C24H35NO4. The first-order valence-electron chi connectivity index (χ1n) is 10.7. The Hall–Kier alpha value is -2.14. The van der Waals surface area contributed by atoms with E-state index in [1.807, 2.05) is 20.8 Å². The van der Waals surface area contributed by atoms with Gasteiger partial charge in [0.2, 0.25) is 0 Å². The third kappa shape index (κ3) is 5.27. The second-order valence-electron chi connectivity index (χ2n) is 7.72. The molecule has 5 heteroatoms. The van der Waals surface area contributed by atoms with E-state index in [4.69, 9.17) is 9.57 Å². The molecule has 0 amide bonds. The Morgan fingerprint density at radius 2 is 1.86 bits per heavy atom. The van der Waals surface area contributed by atoms with Crippen molar-refractivity contribution in [2.75, 3.05) is 13.2 Å². The number of carbonyl (C=O) groups excluding carboxylic acids is 1. The molecule has 29 heavy (non-hydrogen) atoms. The van der Waals surface area contributed by atoms with E-state index in [9.17, 15) is 9.90 Å². The van der Waals surface area contributed by atoms with Gasteiger partial charge in [-0.15, -0.1) is 0 Å². The monoisotopic (exact) mass is 401 g/mol. The number of aliphatic hydroxyl groups is 1. The van der Waals surface area contributed by atoms with Gasteiger partial charge < -0.3 is 14.7 Å². The molecule has 0 bridgehead atoms. The molecular weight excluding hydrogens is 366 g/mol. The summed E-state index contributed by atoms with van der Waals surface area (Å²) in [5, 5.41) is 14.9. The van der Waals surface area contributed by atoms with Gasteiger partial charge >= 0.3 is 0 Å². The molecule has 0 aromatic heterocycles. The predicted molar refractivity (Wildman–Crippen MR) is 117 cm³/mol. The van der Waals surface area contributed by atoms with Crippen molar-refractivity contribution in [2.45, 2.75) is 79.8 Å². The molecule has 1 aliphatic rings. The van der Waals surface area contributed by atoms with Gasteiger partial charge in [0.25, 0.3) is 0 Å². The van der Waals surface area contributed by atoms with Crippen molar-refractivity contribution in [1.29, 1.82) is 0 Å². The molecule has 1 aliphatic carbocycles. The number of allylic oxidation sites excluding steroid dienone is 2. The van der Waals surface area contributed by atoms with Crippen molar-refractivity contribution in [3.63, 3.8) is 0 Å². The average molecular weight is 402 g/mol. The first-order chi connectivity index (χ1) is 13.8. The third-order valence-corrected chi connectivity index (χ3v) is 5.57. The lowest BCUT2D eigenvalue weighted by Gasteiger charge is -2.28. The average Bonchev–Trinajstić information content (AvgIpc) is 2.65. The number of oxime groups is 1. The van der Waals surface area contributed by atoms with E-state index in [1.165, 1.54) is 16.7 Å². The number of nitrogens with zero attached hydrogens (tertiary/aromatic N) is 1. The van der Waals surface area contributed by atoms with Gasteiger partial charge in [0.15, 0.2) is 5.78 Å². The molecule has 5 nitrogen and oxygen atoms in total. The lowest BCUT2D eigenvalue weighted by molar-refractivity contribution is -0.116. The highest BCUT2D eigenvalue weighted by atomic mass is 16.6. The van der Waals surface area contributed by atoms with Crippen LogP contribution >= 0.6 is 0 Å². The smallest absolute Gasteiger partial charge is 0.168 e. The minimum Gasteiger partial charge on any atom is -0.511 e. The zero-order valence-corrected chi connectivity index (χ0v) is 18.7. The fraction of sp³-hybridized carbons (Fsp3) is 0.583. The van der Waals surface area contributed by atoms with Crippen LogP contribution in [0.15, 0.2) is 22.6 Å². The van der Waals surface area contributed by atoms with Crippen LogP contribution < -0.4 is 0 Å². The number of hydrogen-bond acceptors (Lipinski definition) is 5. The maximum Gasteiger partial charge on any atom is 0.168 e. The second-order valence-corrected chi connectivity index (χ2v) is 7.72. The van der Waals surface area contributed by atoms with E-state index in [0.717, 1.165) is 17.5 Å². The number of Topliss-reactive ketones (excluding diaryl/α,β-unsaturated/α-hetero) is 1. The van der Waals surface area contributed by atoms with E-state index in [1.54, 1.807) is 0 Å². The fourth-order valence-electron chi connectivity index (χ4n) is 4.32. The third-order valence-electron chi connectivity index (χ3n) is 5.57. The van der Waals surface area contributed by atoms with Gasteiger partial charge in [-0.05, 0) is 74.8 Å². The maximum absolute atomic E-state index is 13.0. The van der Waals surface area contributed by atoms with Crippen molar-refractivity contribution >= 4 is 11.5 Å². The molecule has 0 heterocycles. The summed E-state index contributed by atoms with van der Waals surface area (Å²) in [5.41, 5.74) is 6.78. The van der Waals surface area contributed by atoms with Crippen LogP contribution in [0.25, 0.3) is 0 Å². The SMILES string of the molecule is CCC/C(=N\OCC)C1=C(O)CC(c2c(C)cc(C)c(COCC)c2C)CC1=O. The summed E-state index contributed by atoms with van der Waals surface area (Å²) in [6.07, 6.45) is 2.25. The molecule has 160 valence electrons. The van der Waals surface area contributed by atoms with E-state index < -0.39 is 0 Å². The van der Waals surface area contributed by atoms with E-state index in [2.05, 4.69) is 32.0 Å². The summed E-state index contributed by atoms with van der Waals surface area (Å²) in [7, 11) is 0. The zero-order chi connectivity index (χ0) is 21.6. The van der Waals surface area contributed by atoms with Gasteiger partial charge in [-0.2, -0.15) is 0 Å². The Morgan fingerprint density at radius 3 is 2.45 bits per heavy atom. The highest BCUT2D eigenvalue weighted by molar-refractivity contribution is 6.23. The minimum absolute atomic E-state index is 0.0396. The van der Waals surface area contributed by atoms with Gasteiger partial charge in [0.05, 0.1) is 17.9 Å². The Kier molecular flexibility index (Phi) is 8.45. The largest absolute Gasteiger partial charge is 0.511 e. The second kappa shape index (κ2) is 10.6. The van der Waals surface area contributed by atoms with Gasteiger partial charge in [0, 0.05) is 19.4 Å². The van der Waals surface area contributed by atoms with Crippen molar-refractivity contribution in [3.05, 3.63) is 45.2 Å². The first kappa shape index (κ1) is 23.1. The lowest BCUT2D eigenvalue weighted by Crippen LogP contribution is -2.25. The number of carbonyl (C=O) groups is 1. The van der Waals surface area contributed by atoms with Crippen LogP contribution in [0.2, 0.25) is 0 Å². The quantitative estimate of drug-likeness (QED) is 0.432. The summed E-state index contributed by atoms with van der Waals surface area (Å²) in [6.45, 7) is 13.8. The summed E-state index contributed by atoms with van der Waals surface area (Å²) in [6, 6.07) is 2.16. The van der Waals surface area contributed by atoms with E-state index >= 15 is 0 Å². The Bertz CT molecular complexity index is 808. The summed E-state index contributed by atoms with van der Waals surface area (Å²) in [5.74, 6) is 0.0301. The predicted octanol–water partition coefficient (Wildman–Crippen LogP) is 5.60. The highest BCUT2D eigenvalue weighted by Gasteiger charge is 2.33. The van der Waals surface area contributed by atoms with Crippen LogP contribution in [0.3, 0.4) is 0 Å². The summed E-state index contributed by atoms with van der Waals surface area (Å²) < 4.78 is 5.66. The summed E-state index contributed by atoms with van der Waals surface area (Å²) >= 11 is 0. The van der Waals surface area contributed by atoms with Gasteiger partial charge in [-0.1, -0.05) is 24.6 Å². The molecule has 0 radical (unpaired) electrons. The number of hydrogen-bond donors (Lipinski definition) is 1. The summed E-state index contributed by atoms with van der Waals surface area (Å²) in [4.78, 5) is 18.2. The molecule has 1 atom stereocenters. The molecule has 1 unspecified atom stereocenters. The Morgan fingerprint density at radius 1 is 1.14 bits per heavy atom. The number of aliphatic hydroxyl groups excluding tert-OH is 1. The standard InChI is InChI=1S/C24H35NO4/c1-7-10-20(25-29-9-3)24-21(26)12-18(13-22(24)27)23-16(5)11-15(4)19(17(23)6)14-28-8-2/h11,18,26H,7-10,12-14H2,1-6H3/b25-20+.